The number of esters is 2. The molecular weight excluding hydrogens is 554 g/mol. The van der Waals surface area contributed by atoms with Gasteiger partial charge < -0.3 is 23.3 Å². The lowest BCUT2D eigenvalue weighted by Gasteiger charge is -2.21. The van der Waals surface area contributed by atoms with E-state index in [9.17, 15) is 13.8 Å². The van der Waals surface area contributed by atoms with E-state index < -0.39 is 29.1 Å². The Labute approximate surface area is 249 Å². The first-order valence-corrected chi connectivity index (χ1v) is 15.4. The number of hydrogen-bond acceptors (Lipinski definition) is 8. The van der Waals surface area contributed by atoms with Crippen LogP contribution < -0.4 is 13.8 Å². The molecule has 0 amide bonds. The average Bonchev–Trinajstić information content (AvgIpc) is 3.35. The molecule has 0 N–H and O–H groups in total. The third kappa shape index (κ3) is 8.45. The summed E-state index contributed by atoms with van der Waals surface area (Å²) in [5.41, 5.74) is 1.62. The first kappa shape index (κ1) is 30.8. The number of ether oxygens (including phenoxy) is 3. The zero-order valence-corrected chi connectivity index (χ0v) is 24.8. The SMILES string of the molecule is CCCCCCCCOC(=O)C(C)OC(=O)/C(=C1\Oc2ccccc2N1Cc1ccccc1)S(=O)Oc1ccccc1. The van der Waals surface area contributed by atoms with Gasteiger partial charge in [0.05, 0.1) is 18.8 Å². The van der Waals surface area contributed by atoms with Crippen LogP contribution in [0.5, 0.6) is 11.5 Å². The van der Waals surface area contributed by atoms with Crippen LogP contribution in [-0.2, 0) is 36.7 Å². The maximum absolute atomic E-state index is 13.7. The van der Waals surface area contributed by atoms with Crippen molar-refractivity contribution in [2.75, 3.05) is 11.5 Å². The number of unbranched alkanes of at least 4 members (excludes halogenated alkanes) is 5. The molecule has 3 aromatic carbocycles. The number of benzene rings is 3. The van der Waals surface area contributed by atoms with Gasteiger partial charge in [0, 0.05) is 0 Å². The molecule has 0 saturated carbocycles. The fourth-order valence-electron chi connectivity index (χ4n) is 4.39. The number of hydrogen-bond donors (Lipinski definition) is 0. The standard InChI is InChI=1S/C33H37NO7S/c1-3-4-5-6-7-16-23-38-32(35)25(2)39-33(36)30(42(37)41-27-19-12-9-13-20-27)31-34(24-26-17-10-8-11-18-26)28-21-14-15-22-29(28)40-31/h8-15,17-22,25H,3-7,16,23-24H2,1-2H3/b31-30+. The summed E-state index contributed by atoms with van der Waals surface area (Å²) < 4.78 is 36.3. The van der Waals surface area contributed by atoms with Crippen LogP contribution in [-0.4, -0.2) is 28.9 Å². The minimum Gasteiger partial charge on any atom is -0.463 e. The second-order valence-electron chi connectivity index (χ2n) is 9.89. The van der Waals surface area contributed by atoms with Crippen LogP contribution in [0.2, 0.25) is 0 Å². The van der Waals surface area contributed by atoms with Crippen LogP contribution in [0.1, 0.15) is 57.9 Å². The van der Waals surface area contributed by atoms with E-state index in [4.69, 9.17) is 18.4 Å². The van der Waals surface area contributed by atoms with Crippen molar-refractivity contribution in [3.05, 3.63) is 101 Å². The molecule has 0 aliphatic carbocycles. The molecular formula is C33H37NO7S. The first-order chi connectivity index (χ1) is 20.5. The highest BCUT2D eigenvalue weighted by molar-refractivity contribution is 7.85. The average molecular weight is 592 g/mol. The summed E-state index contributed by atoms with van der Waals surface area (Å²) in [6.45, 7) is 4.15. The van der Waals surface area contributed by atoms with Gasteiger partial charge in [-0.3, -0.25) is 0 Å². The summed E-state index contributed by atoms with van der Waals surface area (Å²) in [4.78, 5) is 27.7. The molecule has 0 spiro atoms. The third-order valence-corrected chi connectivity index (χ3v) is 7.63. The summed E-state index contributed by atoms with van der Waals surface area (Å²) in [6.07, 6.45) is 5.07. The van der Waals surface area contributed by atoms with Crippen LogP contribution in [0, 0.1) is 0 Å². The molecule has 0 bridgehead atoms. The molecule has 42 heavy (non-hydrogen) atoms. The Morgan fingerprint density at radius 3 is 2.24 bits per heavy atom. The third-order valence-electron chi connectivity index (χ3n) is 6.61. The van der Waals surface area contributed by atoms with E-state index in [0.717, 1.165) is 31.2 Å². The van der Waals surface area contributed by atoms with E-state index in [0.29, 0.717) is 23.7 Å². The number of fused-ring (bicyclic) bond motifs is 1. The summed E-state index contributed by atoms with van der Waals surface area (Å²) in [6, 6.07) is 25.4. The summed E-state index contributed by atoms with van der Waals surface area (Å²) in [7, 11) is 0. The normalized spacial score (nSPS) is 14.8. The van der Waals surface area contributed by atoms with Crippen LogP contribution in [0.25, 0.3) is 0 Å². The topological polar surface area (TPSA) is 91.4 Å². The molecule has 0 saturated heterocycles. The van der Waals surface area contributed by atoms with Gasteiger partial charge in [-0.2, -0.15) is 0 Å². The number of para-hydroxylation sites is 3. The molecule has 0 radical (unpaired) electrons. The van der Waals surface area contributed by atoms with Crippen molar-refractivity contribution in [1.82, 2.24) is 0 Å². The molecule has 2 unspecified atom stereocenters. The van der Waals surface area contributed by atoms with Crippen LogP contribution in [0.3, 0.4) is 0 Å². The highest BCUT2D eigenvalue weighted by Crippen LogP contribution is 2.41. The van der Waals surface area contributed by atoms with E-state index >= 15 is 0 Å². The van der Waals surface area contributed by atoms with Crippen molar-refractivity contribution in [3.63, 3.8) is 0 Å². The Morgan fingerprint density at radius 1 is 0.857 bits per heavy atom. The Kier molecular flexibility index (Phi) is 11.6. The van der Waals surface area contributed by atoms with Crippen molar-refractivity contribution in [1.29, 1.82) is 0 Å². The number of carbonyl (C=O) groups is 2. The summed E-state index contributed by atoms with van der Waals surface area (Å²) in [5, 5.41) is 0. The molecule has 4 rings (SSSR count). The van der Waals surface area contributed by atoms with E-state index in [-0.39, 0.29) is 17.4 Å². The second-order valence-corrected chi connectivity index (χ2v) is 10.9. The fraction of sp³-hybridized carbons (Fsp3) is 0.333. The van der Waals surface area contributed by atoms with Gasteiger partial charge >= 0.3 is 11.9 Å². The minimum absolute atomic E-state index is 0.00645. The van der Waals surface area contributed by atoms with E-state index in [1.165, 1.54) is 19.8 Å². The van der Waals surface area contributed by atoms with E-state index in [2.05, 4.69) is 6.92 Å². The Bertz CT molecular complexity index is 1380. The number of carbonyl (C=O) groups excluding carboxylic acids is 2. The van der Waals surface area contributed by atoms with Crippen LogP contribution in [0.4, 0.5) is 5.69 Å². The Morgan fingerprint density at radius 2 is 1.50 bits per heavy atom. The Balaban J connectivity index is 1.56. The lowest BCUT2D eigenvalue weighted by atomic mass is 10.1. The minimum atomic E-state index is -2.35. The van der Waals surface area contributed by atoms with Gasteiger partial charge in [-0.15, -0.1) is 0 Å². The molecule has 0 fully saturated rings. The summed E-state index contributed by atoms with van der Waals surface area (Å²) in [5.74, 6) is -0.899. The molecule has 2 atom stereocenters. The molecule has 3 aromatic rings. The van der Waals surface area contributed by atoms with Gasteiger partial charge in [-0.05, 0) is 43.2 Å². The summed E-state index contributed by atoms with van der Waals surface area (Å²) >= 11 is -2.35. The molecule has 1 heterocycles. The zero-order chi connectivity index (χ0) is 29.7. The van der Waals surface area contributed by atoms with Crippen molar-refractivity contribution in [3.8, 4) is 11.5 Å². The molecule has 9 heteroatoms. The van der Waals surface area contributed by atoms with Gasteiger partial charge in [-0.1, -0.05) is 99.7 Å². The number of anilines is 1. The van der Waals surface area contributed by atoms with Crippen molar-refractivity contribution >= 4 is 28.7 Å². The van der Waals surface area contributed by atoms with Crippen molar-refractivity contribution < 1.29 is 32.2 Å². The fourth-order valence-corrected chi connectivity index (χ4v) is 5.24. The highest BCUT2D eigenvalue weighted by Gasteiger charge is 2.38. The molecule has 1 aliphatic rings. The molecule has 222 valence electrons. The second kappa shape index (κ2) is 15.8. The van der Waals surface area contributed by atoms with Gasteiger partial charge in [0.25, 0.3) is 11.1 Å². The largest absolute Gasteiger partial charge is 0.463 e. The first-order valence-electron chi connectivity index (χ1n) is 14.3. The Hall–Kier alpha value is -4.11. The molecule has 1 aliphatic heterocycles. The predicted octanol–water partition coefficient (Wildman–Crippen LogP) is 6.83. The van der Waals surface area contributed by atoms with Gasteiger partial charge in [0.15, 0.2) is 11.9 Å². The van der Waals surface area contributed by atoms with Gasteiger partial charge in [0.1, 0.15) is 5.75 Å². The lowest BCUT2D eigenvalue weighted by molar-refractivity contribution is -0.164. The highest BCUT2D eigenvalue weighted by atomic mass is 32.2. The zero-order valence-electron chi connectivity index (χ0n) is 24.0. The quantitative estimate of drug-likeness (QED) is 0.108. The van der Waals surface area contributed by atoms with Gasteiger partial charge in [-0.25, -0.2) is 13.8 Å². The van der Waals surface area contributed by atoms with E-state index in [1.807, 2.05) is 42.5 Å². The predicted molar refractivity (Wildman–Crippen MR) is 162 cm³/mol. The molecule has 8 nitrogen and oxygen atoms in total. The van der Waals surface area contributed by atoms with Crippen molar-refractivity contribution in [2.45, 2.75) is 65.0 Å². The monoisotopic (exact) mass is 591 g/mol. The smallest absolute Gasteiger partial charge is 0.357 e. The lowest BCUT2D eigenvalue weighted by Crippen LogP contribution is -2.32. The van der Waals surface area contributed by atoms with Crippen molar-refractivity contribution in [2.24, 2.45) is 0 Å². The van der Waals surface area contributed by atoms with E-state index in [1.54, 1.807) is 47.4 Å². The van der Waals surface area contributed by atoms with Gasteiger partial charge in [0.2, 0.25) is 10.8 Å². The maximum Gasteiger partial charge on any atom is 0.357 e. The van der Waals surface area contributed by atoms with Crippen LogP contribution >= 0.6 is 0 Å². The molecule has 0 aromatic heterocycles. The van der Waals surface area contributed by atoms with Crippen LogP contribution in [0.15, 0.2) is 95.7 Å². The number of nitrogens with zero attached hydrogens (tertiary/aromatic N) is 1. The number of rotatable bonds is 15. The maximum atomic E-state index is 13.7.